The van der Waals surface area contributed by atoms with E-state index in [9.17, 15) is 0 Å². The van der Waals surface area contributed by atoms with E-state index in [1.165, 1.54) is 75.1 Å². The van der Waals surface area contributed by atoms with Crippen LogP contribution in [0.3, 0.4) is 0 Å². The quantitative estimate of drug-likeness (QED) is 0.794. The third kappa shape index (κ3) is 3.78. The third-order valence-corrected chi connectivity index (χ3v) is 7.16. The fourth-order valence-electron chi connectivity index (χ4n) is 4.36. The minimum atomic E-state index is 0.390. The van der Waals surface area contributed by atoms with E-state index >= 15 is 0 Å². The summed E-state index contributed by atoms with van der Waals surface area (Å²) in [6.45, 7) is 4.72. The van der Waals surface area contributed by atoms with Gasteiger partial charge in [-0.1, -0.05) is 44.9 Å². The summed E-state index contributed by atoms with van der Waals surface area (Å²) in [4.78, 5) is 5.15. The Kier molecular flexibility index (Phi) is 5.19. The van der Waals surface area contributed by atoms with Crippen molar-refractivity contribution in [3.05, 3.63) is 0 Å². The molecular weight excluding hydrogens is 276 g/mol. The molecule has 3 fully saturated rings. The molecule has 1 heterocycles. The molecule has 0 radical (unpaired) electrons. The second kappa shape index (κ2) is 6.93. The maximum absolute atomic E-state index is 5.15. The summed E-state index contributed by atoms with van der Waals surface area (Å²) in [6.07, 6.45) is 13.8. The van der Waals surface area contributed by atoms with E-state index in [2.05, 4.69) is 19.2 Å². The first-order valence-electron chi connectivity index (χ1n) is 9.19. The Morgan fingerprint density at radius 2 is 1.90 bits per heavy atom. The highest BCUT2D eigenvalue weighted by Crippen LogP contribution is 2.39. The number of thioether (sulfide) groups is 1. The van der Waals surface area contributed by atoms with Gasteiger partial charge in [-0.25, -0.2) is 0 Å². The summed E-state index contributed by atoms with van der Waals surface area (Å²) >= 11 is 2.00. The van der Waals surface area contributed by atoms with Crippen molar-refractivity contribution < 1.29 is 0 Å². The lowest BCUT2D eigenvalue weighted by Gasteiger charge is -2.35. The van der Waals surface area contributed by atoms with Gasteiger partial charge in [0.25, 0.3) is 0 Å². The molecule has 120 valence electrons. The topological polar surface area (TPSA) is 24.4 Å². The minimum absolute atomic E-state index is 0.390. The molecule has 2 aliphatic carbocycles. The molecule has 3 aliphatic rings. The van der Waals surface area contributed by atoms with Gasteiger partial charge in [0.05, 0.1) is 6.04 Å². The van der Waals surface area contributed by atoms with Crippen LogP contribution < -0.4 is 5.32 Å². The summed E-state index contributed by atoms with van der Waals surface area (Å²) in [5.41, 5.74) is 0.390. The number of amidine groups is 1. The first kappa shape index (κ1) is 15.7. The lowest BCUT2D eigenvalue weighted by atomic mass is 9.78. The maximum atomic E-state index is 5.15. The molecule has 3 heteroatoms. The smallest absolute Gasteiger partial charge is 0.157 e. The van der Waals surface area contributed by atoms with Gasteiger partial charge in [0, 0.05) is 11.3 Å². The summed E-state index contributed by atoms with van der Waals surface area (Å²) < 4.78 is 0. The van der Waals surface area contributed by atoms with E-state index in [0.29, 0.717) is 11.6 Å². The number of rotatable bonds is 3. The summed E-state index contributed by atoms with van der Waals surface area (Å²) in [5, 5.41) is 5.11. The fourth-order valence-corrected chi connectivity index (χ4v) is 5.63. The Hall–Kier alpha value is -0.180. The van der Waals surface area contributed by atoms with Crippen molar-refractivity contribution in [2.45, 2.75) is 89.6 Å². The van der Waals surface area contributed by atoms with Gasteiger partial charge in [0.1, 0.15) is 0 Å². The van der Waals surface area contributed by atoms with Crippen LogP contribution in [-0.4, -0.2) is 22.5 Å². The van der Waals surface area contributed by atoms with E-state index in [4.69, 9.17) is 4.99 Å². The van der Waals surface area contributed by atoms with Gasteiger partial charge in [-0.3, -0.25) is 4.99 Å². The average molecular weight is 309 g/mol. The molecule has 0 aromatic heterocycles. The molecule has 1 spiro atoms. The van der Waals surface area contributed by atoms with Gasteiger partial charge in [0.15, 0.2) is 5.17 Å². The maximum Gasteiger partial charge on any atom is 0.157 e. The standard InChI is InChI=1S/C18H32N2S/c1-3-16(15-7-5-4-6-8-15)19-17-20-18(13-21-17)11-9-14(2)10-12-18/h14-16H,3-13H2,1-2H3,(H,19,20). The van der Waals surface area contributed by atoms with Crippen LogP contribution in [0, 0.1) is 11.8 Å². The summed E-state index contributed by atoms with van der Waals surface area (Å²) in [7, 11) is 0. The zero-order valence-electron chi connectivity index (χ0n) is 13.9. The number of hydrogen-bond donors (Lipinski definition) is 1. The van der Waals surface area contributed by atoms with E-state index in [1.54, 1.807) is 0 Å². The molecule has 0 aromatic carbocycles. The Morgan fingerprint density at radius 1 is 1.19 bits per heavy atom. The fraction of sp³-hybridized carbons (Fsp3) is 0.944. The van der Waals surface area contributed by atoms with Crippen LogP contribution in [0.4, 0.5) is 0 Å². The van der Waals surface area contributed by atoms with Crippen LogP contribution in [0.25, 0.3) is 0 Å². The lowest BCUT2D eigenvalue weighted by molar-refractivity contribution is 0.250. The van der Waals surface area contributed by atoms with Crippen LogP contribution in [0.2, 0.25) is 0 Å². The van der Waals surface area contributed by atoms with E-state index in [1.807, 2.05) is 11.8 Å². The predicted molar refractivity (Wildman–Crippen MR) is 94.0 cm³/mol. The molecule has 1 saturated heterocycles. The van der Waals surface area contributed by atoms with Gasteiger partial charge in [0.2, 0.25) is 0 Å². The minimum Gasteiger partial charge on any atom is -0.359 e. The molecule has 2 saturated carbocycles. The van der Waals surface area contributed by atoms with E-state index < -0.39 is 0 Å². The molecule has 0 bridgehead atoms. The summed E-state index contributed by atoms with van der Waals surface area (Å²) in [6, 6.07) is 0.568. The first-order valence-corrected chi connectivity index (χ1v) is 10.2. The van der Waals surface area contributed by atoms with Crippen LogP contribution in [0.5, 0.6) is 0 Å². The molecule has 1 aliphatic heterocycles. The Balaban J connectivity index is 1.61. The van der Waals surface area contributed by atoms with E-state index in [0.717, 1.165) is 11.8 Å². The highest BCUT2D eigenvalue weighted by molar-refractivity contribution is 8.14. The zero-order valence-corrected chi connectivity index (χ0v) is 14.7. The van der Waals surface area contributed by atoms with Gasteiger partial charge < -0.3 is 5.32 Å². The molecule has 1 atom stereocenters. The largest absolute Gasteiger partial charge is 0.359 e. The average Bonchev–Trinajstić information content (AvgIpc) is 2.92. The van der Waals surface area contributed by atoms with Crippen LogP contribution in [0.15, 0.2) is 4.99 Å². The van der Waals surface area contributed by atoms with Crippen molar-refractivity contribution in [3.63, 3.8) is 0 Å². The van der Waals surface area contributed by atoms with Crippen LogP contribution >= 0.6 is 11.8 Å². The highest BCUT2D eigenvalue weighted by Gasteiger charge is 2.40. The number of nitrogens with one attached hydrogen (secondary N) is 1. The molecule has 1 N–H and O–H groups in total. The molecule has 0 aromatic rings. The van der Waals surface area contributed by atoms with Crippen molar-refractivity contribution >= 4 is 16.9 Å². The Labute approximate surface area is 134 Å². The second-order valence-corrected chi connectivity index (χ2v) is 8.65. The van der Waals surface area contributed by atoms with Gasteiger partial charge in [-0.15, -0.1) is 0 Å². The van der Waals surface area contributed by atoms with Crippen molar-refractivity contribution in [1.29, 1.82) is 0 Å². The number of aliphatic imine (C=N–C) groups is 1. The monoisotopic (exact) mass is 308 g/mol. The van der Waals surface area contributed by atoms with E-state index in [-0.39, 0.29) is 0 Å². The van der Waals surface area contributed by atoms with Crippen LogP contribution in [-0.2, 0) is 0 Å². The SMILES string of the molecule is CCC(N=C1NC2(CCC(C)CC2)CS1)C1CCCCC1. The first-order chi connectivity index (χ1) is 10.2. The van der Waals surface area contributed by atoms with Gasteiger partial charge in [-0.2, -0.15) is 0 Å². The molecule has 2 nitrogen and oxygen atoms in total. The van der Waals surface area contributed by atoms with Crippen molar-refractivity contribution in [2.24, 2.45) is 16.8 Å². The molecule has 0 amide bonds. The van der Waals surface area contributed by atoms with Gasteiger partial charge in [-0.05, 0) is 56.8 Å². The number of nitrogens with zero attached hydrogens (tertiary/aromatic N) is 1. The van der Waals surface area contributed by atoms with Crippen LogP contribution in [0.1, 0.15) is 78.1 Å². The normalized spacial score (nSPS) is 37.8. The molecule has 3 rings (SSSR count). The van der Waals surface area contributed by atoms with Crippen molar-refractivity contribution in [2.75, 3.05) is 5.75 Å². The Bertz CT molecular complexity index is 365. The Morgan fingerprint density at radius 3 is 2.57 bits per heavy atom. The van der Waals surface area contributed by atoms with Crippen molar-refractivity contribution in [3.8, 4) is 0 Å². The lowest BCUT2D eigenvalue weighted by Crippen LogP contribution is -2.46. The van der Waals surface area contributed by atoms with Crippen molar-refractivity contribution in [1.82, 2.24) is 5.32 Å². The molecule has 1 unspecified atom stereocenters. The number of hydrogen-bond acceptors (Lipinski definition) is 2. The second-order valence-electron chi connectivity index (χ2n) is 7.68. The summed E-state index contributed by atoms with van der Waals surface area (Å²) in [5.74, 6) is 3.02. The zero-order chi connectivity index (χ0) is 14.7. The third-order valence-electron chi connectivity index (χ3n) is 5.98. The van der Waals surface area contributed by atoms with Gasteiger partial charge >= 0.3 is 0 Å². The predicted octanol–water partition coefficient (Wildman–Crippen LogP) is 4.99. The highest BCUT2D eigenvalue weighted by atomic mass is 32.2. The molecular formula is C18H32N2S. The molecule has 21 heavy (non-hydrogen) atoms.